The molecular weight excluding hydrogens is 1030 g/mol. The van der Waals surface area contributed by atoms with Crippen LogP contribution >= 0.6 is 0 Å². The first-order chi connectivity index (χ1) is 39.6. The minimum absolute atomic E-state index is 0. The van der Waals surface area contributed by atoms with E-state index in [2.05, 4.69) is 19.9 Å². The average Bonchev–Trinajstić information content (AvgIpc) is 4.59. The molecule has 0 radical (unpaired) electrons. The molecule has 10 heterocycles. The highest BCUT2D eigenvalue weighted by atomic mass is 19.0. The first kappa shape index (κ1) is 47.5. The number of halogens is 2. The van der Waals surface area contributed by atoms with E-state index in [-0.39, 0.29) is 9.41 Å². The van der Waals surface area contributed by atoms with E-state index in [1.165, 1.54) is 0 Å². The molecular formula is C64H38F2N16. The van der Waals surface area contributed by atoms with E-state index in [0.717, 1.165) is 87.6 Å². The first-order valence-electron chi connectivity index (χ1n) is 26.0. The van der Waals surface area contributed by atoms with E-state index in [9.17, 15) is 0 Å². The van der Waals surface area contributed by atoms with Gasteiger partial charge in [-0.3, -0.25) is 9.41 Å². The van der Waals surface area contributed by atoms with Gasteiger partial charge in [0, 0.05) is 87.6 Å². The van der Waals surface area contributed by atoms with Crippen LogP contribution in [0, 0.1) is 0 Å². The fourth-order valence-corrected chi connectivity index (χ4v) is 11.2. The zero-order chi connectivity index (χ0) is 52.4. The molecule has 16 bridgehead atoms. The van der Waals surface area contributed by atoms with Gasteiger partial charge in [0.2, 0.25) is 0 Å². The summed E-state index contributed by atoms with van der Waals surface area (Å²) in [4.78, 5) is 73.5. The zero-order valence-electron chi connectivity index (χ0n) is 42.7. The van der Waals surface area contributed by atoms with Crippen LogP contribution in [0.2, 0.25) is 0 Å². The van der Waals surface area contributed by atoms with Gasteiger partial charge < -0.3 is 19.9 Å². The summed E-state index contributed by atoms with van der Waals surface area (Å²) in [5.41, 5.74) is 12.9. The van der Waals surface area contributed by atoms with Crippen LogP contribution in [-0.2, 0) is 0 Å². The molecule has 0 atom stereocenters. The summed E-state index contributed by atoms with van der Waals surface area (Å²) in [5, 5.41) is 7.64. The van der Waals surface area contributed by atoms with Gasteiger partial charge >= 0.3 is 0 Å². The Bertz CT molecular complexity index is 4400. The lowest BCUT2D eigenvalue weighted by molar-refractivity contribution is 1.11. The number of rotatable bonds is 0. The largest absolute Gasteiger partial charge is 0.324 e. The molecule has 16 nitrogen and oxygen atoms in total. The third-order valence-electron chi connectivity index (χ3n) is 14.9. The third kappa shape index (κ3) is 7.42. The molecule has 8 aromatic carbocycles. The zero-order valence-corrected chi connectivity index (χ0v) is 42.7. The number of fused-ring (bicyclic) bond motifs is 40. The normalized spacial score (nSPS) is 11.7. The van der Waals surface area contributed by atoms with E-state index in [0.29, 0.717) is 91.8 Å². The highest BCUT2D eigenvalue weighted by Gasteiger charge is 2.24. The second kappa shape index (κ2) is 18.5. The van der Waals surface area contributed by atoms with Crippen molar-refractivity contribution in [3.63, 3.8) is 0 Å². The monoisotopic (exact) mass is 1070 g/mol. The van der Waals surface area contributed by atoms with Crippen LogP contribution in [0.4, 0.5) is 9.41 Å². The van der Waals surface area contributed by atoms with E-state index >= 15 is 0 Å². The maximum Gasteiger partial charge on any atom is 0.164 e. The smallest absolute Gasteiger partial charge is 0.164 e. The molecule has 4 aliphatic heterocycles. The van der Waals surface area contributed by atoms with Gasteiger partial charge in [0.15, 0.2) is 46.6 Å². The summed E-state index contributed by atoms with van der Waals surface area (Å²) < 4.78 is 0. The number of nitrogens with zero attached hydrogens (tertiary/aromatic N) is 12. The van der Waals surface area contributed by atoms with E-state index < -0.39 is 0 Å². The lowest BCUT2D eigenvalue weighted by atomic mass is 10.1. The quantitative estimate of drug-likeness (QED) is 0.111. The second-order valence-corrected chi connectivity index (χ2v) is 19.6. The molecule has 0 unspecified atom stereocenters. The fourth-order valence-electron chi connectivity index (χ4n) is 11.2. The van der Waals surface area contributed by atoms with Crippen LogP contribution in [0.15, 0.2) is 194 Å². The standard InChI is InChI=1S/2C32H18N8.2FH/c2*1-2-10-18-17(9-1)25-33-26(18)38-28-21-13-5-6-14-22(21)30(35-28)40-32-24-16-8-7-15-23(24)31(36-32)39-29-20-12-4-3-11-19(20)27(34-29)37-25;;/h2*1-16H,(H2,33,34,35,36,37,38,39,40);2*1H. The van der Waals surface area contributed by atoms with Crippen molar-refractivity contribution in [2.24, 2.45) is 0 Å². The fraction of sp³-hybridized carbons (Fsp3) is 0. The Balaban J connectivity index is 0.000000137. The molecule has 0 aliphatic carbocycles. The van der Waals surface area contributed by atoms with Crippen molar-refractivity contribution in [1.82, 2.24) is 79.7 Å². The number of aromatic amines is 4. The highest BCUT2D eigenvalue weighted by Crippen LogP contribution is 2.39. The van der Waals surface area contributed by atoms with Crippen molar-refractivity contribution in [2.45, 2.75) is 0 Å². The summed E-state index contributed by atoms with van der Waals surface area (Å²) in [6, 6.07) is 64.5. The molecule has 6 aromatic heterocycles. The van der Waals surface area contributed by atoms with Crippen molar-refractivity contribution < 1.29 is 9.41 Å². The van der Waals surface area contributed by atoms with Gasteiger partial charge in [0.25, 0.3) is 0 Å². The summed E-state index contributed by atoms with van der Waals surface area (Å²) in [6.07, 6.45) is 0. The molecule has 388 valence electrons. The Labute approximate surface area is 460 Å². The van der Waals surface area contributed by atoms with E-state index in [1.807, 2.05) is 194 Å². The van der Waals surface area contributed by atoms with Crippen LogP contribution in [0.5, 0.6) is 0 Å². The summed E-state index contributed by atoms with van der Waals surface area (Å²) >= 11 is 0. The van der Waals surface area contributed by atoms with Crippen molar-refractivity contribution in [1.29, 1.82) is 0 Å². The van der Waals surface area contributed by atoms with Crippen LogP contribution in [0.3, 0.4) is 0 Å². The average molecular weight is 1070 g/mol. The van der Waals surface area contributed by atoms with Gasteiger partial charge in [0.1, 0.15) is 45.2 Å². The molecule has 18 heteroatoms. The lowest BCUT2D eigenvalue weighted by Crippen LogP contribution is -1.83. The molecule has 4 N–H and O–H groups in total. The van der Waals surface area contributed by atoms with Crippen molar-refractivity contribution >= 4 is 88.3 Å². The molecule has 0 spiro atoms. The molecule has 0 amide bonds. The van der Waals surface area contributed by atoms with Crippen LogP contribution in [0.25, 0.3) is 179 Å². The first-order valence-corrected chi connectivity index (χ1v) is 26.0. The SMILES string of the molecule is F.F.c1ccc2c(c1)-c1nc-2nc2[nH]c(nc3nc(nc4[nH]c(n1)c1ccccc41)-c1ccccc1-3)c1ccccc21.c1ccc2c(c1)-c1nc-2nc2[nH]c(nc3nc(nc4[nH]c(n1)c1ccccc41)-c1ccccc1-3)c1ccccc21. The number of nitrogens with one attached hydrogen (secondary N) is 4. The predicted molar refractivity (Wildman–Crippen MR) is 317 cm³/mol. The minimum Gasteiger partial charge on any atom is -0.324 e. The molecule has 14 aromatic rings. The topological polar surface area (TPSA) is 218 Å². The predicted octanol–water partition coefficient (Wildman–Crippen LogP) is 14.0. The van der Waals surface area contributed by atoms with Crippen molar-refractivity contribution in [3.05, 3.63) is 194 Å². The number of benzene rings is 8. The Morgan fingerprint density at radius 2 is 0.280 bits per heavy atom. The lowest BCUT2D eigenvalue weighted by Gasteiger charge is -1.96. The Morgan fingerprint density at radius 1 is 0.159 bits per heavy atom. The molecule has 0 saturated heterocycles. The van der Waals surface area contributed by atoms with Gasteiger partial charge in [-0.25, -0.2) is 59.8 Å². The van der Waals surface area contributed by atoms with Gasteiger partial charge in [-0.05, 0) is 0 Å². The second-order valence-electron chi connectivity index (χ2n) is 19.6. The number of hydrogen-bond donors (Lipinski definition) is 4. The number of hydrogen-bond acceptors (Lipinski definition) is 12. The van der Waals surface area contributed by atoms with Crippen LogP contribution < -0.4 is 0 Å². The molecule has 18 rings (SSSR count). The van der Waals surface area contributed by atoms with Gasteiger partial charge in [-0.15, -0.1) is 0 Å². The van der Waals surface area contributed by atoms with Gasteiger partial charge in [-0.2, -0.15) is 0 Å². The summed E-state index contributed by atoms with van der Waals surface area (Å²) in [7, 11) is 0. The molecule has 4 aliphatic rings. The van der Waals surface area contributed by atoms with Crippen molar-refractivity contribution in [2.75, 3.05) is 0 Å². The summed E-state index contributed by atoms with van der Waals surface area (Å²) in [6.45, 7) is 0. The molecule has 0 fully saturated rings. The highest BCUT2D eigenvalue weighted by molar-refractivity contribution is 6.08. The number of H-pyrrole nitrogens is 4. The van der Waals surface area contributed by atoms with Gasteiger partial charge in [-0.1, -0.05) is 194 Å². The maximum absolute atomic E-state index is 5.02. The van der Waals surface area contributed by atoms with Crippen LogP contribution in [0.1, 0.15) is 0 Å². The van der Waals surface area contributed by atoms with E-state index in [1.54, 1.807) is 0 Å². The third-order valence-corrected chi connectivity index (χ3v) is 14.9. The minimum atomic E-state index is 0. The van der Waals surface area contributed by atoms with Gasteiger partial charge in [0.05, 0.1) is 0 Å². The Hall–Kier alpha value is -11.7. The maximum atomic E-state index is 5.02. The molecule has 0 saturated carbocycles. The van der Waals surface area contributed by atoms with Crippen LogP contribution in [-0.4, -0.2) is 79.7 Å². The summed E-state index contributed by atoms with van der Waals surface area (Å²) in [5.74, 6) is 4.78. The van der Waals surface area contributed by atoms with E-state index in [4.69, 9.17) is 59.8 Å². The number of aromatic nitrogens is 16. The molecule has 82 heavy (non-hydrogen) atoms. The Kier molecular flexibility index (Phi) is 10.7. The Morgan fingerprint density at radius 3 is 0.415 bits per heavy atom. The van der Waals surface area contributed by atoms with Crippen molar-refractivity contribution in [3.8, 4) is 91.1 Å².